The topological polar surface area (TPSA) is 41.5 Å². The van der Waals surface area contributed by atoms with Crippen molar-refractivity contribution in [1.82, 2.24) is 14.9 Å². The molecule has 0 radical (unpaired) electrons. The lowest BCUT2D eigenvalue weighted by Gasteiger charge is -2.24. The Morgan fingerprint density at radius 1 is 1.29 bits per heavy atom. The van der Waals surface area contributed by atoms with E-state index in [0.717, 1.165) is 32.0 Å². The summed E-state index contributed by atoms with van der Waals surface area (Å²) in [6.45, 7) is 9.19. The molecular formula is C16H24N4O. The van der Waals surface area contributed by atoms with Crippen molar-refractivity contribution in [3.05, 3.63) is 24.5 Å². The average molecular weight is 288 g/mol. The van der Waals surface area contributed by atoms with Gasteiger partial charge in [0.25, 0.3) is 0 Å². The van der Waals surface area contributed by atoms with E-state index in [2.05, 4.69) is 45.8 Å². The molecule has 5 heteroatoms. The van der Waals surface area contributed by atoms with E-state index in [9.17, 15) is 0 Å². The molecule has 2 aliphatic rings. The second kappa shape index (κ2) is 6.43. The van der Waals surface area contributed by atoms with E-state index in [1.807, 2.05) is 6.20 Å². The molecule has 0 bridgehead atoms. The largest absolute Gasteiger partial charge is 0.476 e. The van der Waals surface area contributed by atoms with Gasteiger partial charge in [0, 0.05) is 32.2 Å². The Bertz CT molecular complexity index is 495. The summed E-state index contributed by atoms with van der Waals surface area (Å²) in [5, 5.41) is 0. The molecule has 1 fully saturated rings. The smallest absolute Gasteiger partial charge is 0.234 e. The van der Waals surface area contributed by atoms with Crippen molar-refractivity contribution in [2.45, 2.75) is 26.3 Å². The molecule has 0 N–H and O–H groups in total. The van der Waals surface area contributed by atoms with Crippen LogP contribution < -0.4 is 9.64 Å². The maximum absolute atomic E-state index is 5.67. The molecule has 1 saturated heterocycles. The normalized spacial score (nSPS) is 22.4. The van der Waals surface area contributed by atoms with E-state index in [4.69, 9.17) is 4.74 Å². The predicted molar refractivity (Wildman–Crippen MR) is 83.7 cm³/mol. The summed E-state index contributed by atoms with van der Waals surface area (Å²) in [7, 11) is 0. The molecule has 0 saturated carbocycles. The van der Waals surface area contributed by atoms with Crippen molar-refractivity contribution in [2.24, 2.45) is 5.92 Å². The molecule has 21 heavy (non-hydrogen) atoms. The molecule has 1 unspecified atom stereocenters. The fourth-order valence-electron chi connectivity index (χ4n) is 2.85. The minimum absolute atomic E-state index is 0.495. The fourth-order valence-corrected chi connectivity index (χ4v) is 2.85. The lowest BCUT2D eigenvalue weighted by atomic mass is 10.2. The van der Waals surface area contributed by atoms with E-state index in [0.29, 0.717) is 24.4 Å². The Labute approximate surface area is 126 Å². The first kappa shape index (κ1) is 14.3. The van der Waals surface area contributed by atoms with Gasteiger partial charge in [0.15, 0.2) is 5.82 Å². The first-order valence-corrected chi connectivity index (χ1v) is 7.81. The van der Waals surface area contributed by atoms with Gasteiger partial charge in [0.05, 0.1) is 19.0 Å². The minimum atomic E-state index is 0.495. The van der Waals surface area contributed by atoms with Crippen LogP contribution in [0.2, 0.25) is 0 Å². The molecule has 114 valence electrons. The van der Waals surface area contributed by atoms with Gasteiger partial charge in [-0.1, -0.05) is 26.0 Å². The Balaban J connectivity index is 1.60. The van der Waals surface area contributed by atoms with Crippen LogP contribution in [-0.2, 0) is 0 Å². The number of hydrogen-bond acceptors (Lipinski definition) is 5. The van der Waals surface area contributed by atoms with Gasteiger partial charge in [-0.2, -0.15) is 4.98 Å². The highest BCUT2D eigenvalue weighted by Gasteiger charge is 2.28. The molecule has 1 aromatic rings. The monoisotopic (exact) mass is 288 g/mol. The van der Waals surface area contributed by atoms with Gasteiger partial charge in [0.1, 0.15) is 0 Å². The Kier molecular flexibility index (Phi) is 4.39. The van der Waals surface area contributed by atoms with Gasteiger partial charge >= 0.3 is 0 Å². The predicted octanol–water partition coefficient (Wildman–Crippen LogP) is 1.96. The third-order valence-electron chi connectivity index (χ3n) is 4.01. The van der Waals surface area contributed by atoms with Gasteiger partial charge in [-0.15, -0.1) is 0 Å². The van der Waals surface area contributed by atoms with Crippen molar-refractivity contribution in [1.29, 1.82) is 0 Å². The minimum Gasteiger partial charge on any atom is -0.476 e. The van der Waals surface area contributed by atoms with Crippen molar-refractivity contribution in [2.75, 3.05) is 37.7 Å². The molecule has 0 aromatic carbocycles. The Hall–Kier alpha value is -1.62. The number of anilines is 1. The lowest BCUT2D eigenvalue weighted by Crippen LogP contribution is -2.35. The van der Waals surface area contributed by atoms with Crippen molar-refractivity contribution in [3.63, 3.8) is 0 Å². The molecule has 0 amide bonds. The highest BCUT2D eigenvalue weighted by atomic mass is 16.5. The maximum Gasteiger partial charge on any atom is 0.234 e. The summed E-state index contributed by atoms with van der Waals surface area (Å²) < 4.78 is 5.67. The van der Waals surface area contributed by atoms with E-state index in [1.54, 1.807) is 6.20 Å². The molecular weight excluding hydrogens is 264 g/mol. The molecule has 2 aliphatic heterocycles. The van der Waals surface area contributed by atoms with Crippen molar-refractivity contribution in [3.8, 4) is 5.88 Å². The zero-order valence-electron chi connectivity index (χ0n) is 12.9. The first-order valence-electron chi connectivity index (χ1n) is 7.81. The van der Waals surface area contributed by atoms with Crippen LogP contribution in [0.3, 0.4) is 0 Å². The van der Waals surface area contributed by atoms with E-state index in [1.165, 1.54) is 6.42 Å². The standard InChI is InChI=1S/C16H24N4O/c1-13(2)12-21-16-10-17-9-15(18-16)20-8-5-14(11-20)19-6-3-4-7-19/h3-4,9-10,13-14H,5-8,11-12H2,1-2H3. The van der Waals surface area contributed by atoms with Crippen LogP contribution in [0.5, 0.6) is 5.88 Å². The van der Waals surface area contributed by atoms with E-state index in [-0.39, 0.29) is 0 Å². The first-order chi connectivity index (χ1) is 10.2. The van der Waals surface area contributed by atoms with Crippen LogP contribution in [0.15, 0.2) is 24.5 Å². The SMILES string of the molecule is CC(C)COc1cncc(N2CCC(N3CC=CC3)C2)n1. The molecule has 0 spiro atoms. The van der Waals surface area contributed by atoms with Gasteiger partial charge in [0.2, 0.25) is 5.88 Å². The van der Waals surface area contributed by atoms with E-state index >= 15 is 0 Å². The number of aromatic nitrogens is 2. The van der Waals surface area contributed by atoms with Crippen LogP contribution in [-0.4, -0.2) is 53.7 Å². The van der Waals surface area contributed by atoms with Gasteiger partial charge in [-0.25, -0.2) is 0 Å². The lowest BCUT2D eigenvalue weighted by molar-refractivity contribution is 0.260. The zero-order chi connectivity index (χ0) is 14.7. The summed E-state index contributed by atoms with van der Waals surface area (Å²) in [5.41, 5.74) is 0. The van der Waals surface area contributed by atoms with Gasteiger partial charge < -0.3 is 9.64 Å². The second-order valence-electron chi connectivity index (χ2n) is 6.23. The Morgan fingerprint density at radius 3 is 2.86 bits per heavy atom. The van der Waals surface area contributed by atoms with Crippen LogP contribution >= 0.6 is 0 Å². The average Bonchev–Trinajstić information content (AvgIpc) is 3.16. The highest BCUT2D eigenvalue weighted by molar-refractivity contribution is 5.39. The third-order valence-corrected chi connectivity index (χ3v) is 4.01. The summed E-state index contributed by atoms with van der Waals surface area (Å²) in [4.78, 5) is 13.7. The molecule has 3 heterocycles. The van der Waals surface area contributed by atoms with Gasteiger partial charge in [-0.05, 0) is 12.3 Å². The Morgan fingerprint density at radius 2 is 2.10 bits per heavy atom. The summed E-state index contributed by atoms with van der Waals surface area (Å²) in [6, 6.07) is 0.627. The molecule has 3 rings (SSSR count). The van der Waals surface area contributed by atoms with Crippen molar-refractivity contribution >= 4 is 5.82 Å². The van der Waals surface area contributed by atoms with Crippen LogP contribution in [0.25, 0.3) is 0 Å². The van der Waals surface area contributed by atoms with E-state index < -0.39 is 0 Å². The molecule has 5 nitrogen and oxygen atoms in total. The number of hydrogen-bond donors (Lipinski definition) is 0. The quantitative estimate of drug-likeness (QED) is 0.775. The number of ether oxygens (including phenoxy) is 1. The second-order valence-corrected chi connectivity index (χ2v) is 6.23. The zero-order valence-corrected chi connectivity index (χ0v) is 12.9. The fraction of sp³-hybridized carbons (Fsp3) is 0.625. The molecule has 0 aliphatic carbocycles. The third kappa shape index (κ3) is 3.53. The maximum atomic E-state index is 5.67. The summed E-state index contributed by atoms with van der Waals surface area (Å²) >= 11 is 0. The number of nitrogens with zero attached hydrogens (tertiary/aromatic N) is 4. The molecule has 1 atom stereocenters. The van der Waals surface area contributed by atoms with Gasteiger partial charge in [-0.3, -0.25) is 9.88 Å². The van der Waals surface area contributed by atoms with Crippen LogP contribution in [0.4, 0.5) is 5.82 Å². The highest BCUT2D eigenvalue weighted by Crippen LogP contribution is 2.23. The number of rotatable bonds is 5. The molecule has 1 aromatic heterocycles. The summed E-state index contributed by atoms with van der Waals surface area (Å²) in [5.74, 6) is 2.06. The van der Waals surface area contributed by atoms with Crippen LogP contribution in [0, 0.1) is 5.92 Å². The van der Waals surface area contributed by atoms with Crippen LogP contribution in [0.1, 0.15) is 20.3 Å². The summed E-state index contributed by atoms with van der Waals surface area (Å²) in [6.07, 6.45) is 9.24. The van der Waals surface area contributed by atoms with Crippen molar-refractivity contribution < 1.29 is 4.74 Å².